The van der Waals surface area contributed by atoms with Crippen LogP contribution in [0.25, 0.3) is 0 Å². The van der Waals surface area contributed by atoms with Gasteiger partial charge in [0.2, 0.25) is 0 Å². The molecule has 10 heteroatoms. The highest BCUT2D eigenvalue weighted by atomic mass is 35.5. The van der Waals surface area contributed by atoms with Crippen LogP contribution in [0.1, 0.15) is 41.1 Å². The van der Waals surface area contributed by atoms with Crippen molar-refractivity contribution in [3.05, 3.63) is 89.5 Å². The van der Waals surface area contributed by atoms with Gasteiger partial charge in [-0.2, -0.15) is 0 Å². The molecular weight excluding hydrogens is 532 g/mol. The molecule has 1 saturated heterocycles. The van der Waals surface area contributed by atoms with Crippen LogP contribution < -0.4 is 4.90 Å². The second-order valence-corrected chi connectivity index (χ2v) is 11.7. The minimum Gasteiger partial charge on any atom is -0.337 e. The van der Waals surface area contributed by atoms with E-state index in [1.807, 2.05) is 6.07 Å². The number of hydrogen-bond acceptors (Lipinski definition) is 5. The fourth-order valence-electron chi connectivity index (χ4n) is 6.02. The zero-order valence-corrected chi connectivity index (χ0v) is 22.2. The van der Waals surface area contributed by atoms with E-state index in [4.69, 9.17) is 0 Å². The number of carbonyl (C=O) groups is 1. The number of anilines is 2. The molecule has 3 aromatic rings. The topological polar surface area (TPSA) is 60.9 Å². The van der Waals surface area contributed by atoms with Crippen LogP contribution in [-0.4, -0.2) is 55.8 Å². The second-order valence-electron chi connectivity index (χ2n) is 9.90. The van der Waals surface area contributed by atoms with Gasteiger partial charge in [-0.3, -0.25) is 4.79 Å². The third-order valence-electron chi connectivity index (χ3n) is 7.74. The standard InChI is InChI=1S/C28H27F2N3O3S.ClH/c29-19-7-10-21(11-8-19)33-25-12-9-20(30)17-23(25)24-18-31(16-13-26(24)33)14-3-4-15-32-28(34)22-5-1-2-6-27(22)37(32,35)36;/h1-2,5-12,17,24,26H,3-4,13-16,18H2;1H. The molecule has 6 rings (SSSR count). The van der Waals surface area contributed by atoms with Gasteiger partial charge in [0.15, 0.2) is 0 Å². The van der Waals surface area contributed by atoms with Crippen molar-refractivity contribution in [1.29, 1.82) is 0 Å². The molecule has 3 heterocycles. The molecule has 3 aliphatic rings. The summed E-state index contributed by atoms with van der Waals surface area (Å²) in [4.78, 5) is 17.2. The van der Waals surface area contributed by atoms with Crippen molar-refractivity contribution in [3.63, 3.8) is 0 Å². The van der Waals surface area contributed by atoms with Gasteiger partial charge >= 0.3 is 0 Å². The number of fused-ring (bicyclic) bond motifs is 4. The number of halogens is 3. The van der Waals surface area contributed by atoms with Crippen LogP contribution in [0.2, 0.25) is 0 Å². The molecular formula is C28H28ClF2N3O3S. The van der Waals surface area contributed by atoms with Crippen LogP contribution in [0.4, 0.5) is 20.2 Å². The molecule has 0 aromatic heterocycles. The van der Waals surface area contributed by atoms with Gasteiger partial charge in [-0.1, -0.05) is 12.1 Å². The first kappa shape index (κ1) is 26.6. The Morgan fingerprint density at radius 1 is 0.895 bits per heavy atom. The maximum Gasteiger partial charge on any atom is 0.269 e. The van der Waals surface area contributed by atoms with Crippen LogP contribution in [-0.2, 0) is 10.0 Å². The van der Waals surface area contributed by atoms with E-state index in [0.29, 0.717) is 6.42 Å². The van der Waals surface area contributed by atoms with Crippen molar-refractivity contribution >= 4 is 39.7 Å². The minimum absolute atomic E-state index is 0. The van der Waals surface area contributed by atoms with E-state index in [9.17, 15) is 22.0 Å². The molecule has 0 radical (unpaired) electrons. The molecule has 200 valence electrons. The zero-order chi connectivity index (χ0) is 25.7. The summed E-state index contributed by atoms with van der Waals surface area (Å²) in [6.45, 7) is 2.52. The summed E-state index contributed by atoms with van der Waals surface area (Å²) < 4.78 is 54.3. The molecule has 0 bridgehead atoms. The second kappa shape index (κ2) is 10.3. The summed E-state index contributed by atoms with van der Waals surface area (Å²) in [7, 11) is -3.78. The highest BCUT2D eigenvalue weighted by molar-refractivity contribution is 7.90. The maximum atomic E-state index is 14.2. The van der Waals surface area contributed by atoms with E-state index < -0.39 is 15.9 Å². The van der Waals surface area contributed by atoms with E-state index in [2.05, 4.69) is 9.80 Å². The minimum atomic E-state index is -3.78. The predicted octanol–water partition coefficient (Wildman–Crippen LogP) is 5.32. The maximum absolute atomic E-state index is 14.2. The lowest BCUT2D eigenvalue weighted by Crippen LogP contribution is -2.45. The molecule has 0 saturated carbocycles. The summed E-state index contributed by atoms with van der Waals surface area (Å²) in [5, 5.41) is 0. The van der Waals surface area contributed by atoms with Gasteiger partial charge in [-0.15, -0.1) is 12.4 Å². The normalized spacial score (nSPS) is 21.6. The third-order valence-corrected chi connectivity index (χ3v) is 9.58. The first-order valence-electron chi connectivity index (χ1n) is 12.6. The zero-order valence-electron chi connectivity index (χ0n) is 20.6. The number of amides is 1. The Labute approximate surface area is 227 Å². The molecule has 6 nitrogen and oxygen atoms in total. The van der Waals surface area contributed by atoms with Crippen LogP contribution in [0, 0.1) is 11.6 Å². The quantitative estimate of drug-likeness (QED) is 0.383. The molecule has 0 spiro atoms. The van der Waals surface area contributed by atoms with E-state index >= 15 is 0 Å². The monoisotopic (exact) mass is 559 g/mol. The number of hydrogen-bond donors (Lipinski definition) is 0. The number of likely N-dealkylation sites (tertiary alicyclic amines) is 1. The Balaban J connectivity index is 0.00000294. The number of unbranched alkanes of at least 4 members (excludes halogenated alkanes) is 1. The van der Waals surface area contributed by atoms with Gasteiger partial charge in [0.05, 0.1) is 5.56 Å². The third kappa shape index (κ3) is 4.46. The van der Waals surface area contributed by atoms with Crippen molar-refractivity contribution < 1.29 is 22.0 Å². The number of benzene rings is 3. The molecule has 1 fully saturated rings. The summed E-state index contributed by atoms with van der Waals surface area (Å²) in [6.07, 6.45) is 2.17. The van der Waals surface area contributed by atoms with Gasteiger partial charge in [-0.05, 0) is 86.0 Å². The molecule has 0 N–H and O–H groups in total. The Kier molecular flexibility index (Phi) is 7.19. The van der Waals surface area contributed by atoms with Crippen LogP contribution >= 0.6 is 12.4 Å². The van der Waals surface area contributed by atoms with Gasteiger partial charge in [0, 0.05) is 43.0 Å². The number of rotatable bonds is 6. The molecule has 3 aliphatic heterocycles. The van der Waals surface area contributed by atoms with Crippen molar-refractivity contribution in [2.75, 3.05) is 31.1 Å². The Morgan fingerprint density at radius 2 is 1.61 bits per heavy atom. The van der Waals surface area contributed by atoms with Crippen molar-refractivity contribution in [2.24, 2.45) is 0 Å². The summed E-state index contributed by atoms with van der Waals surface area (Å²) in [5.74, 6) is -0.907. The van der Waals surface area contributed by atoms with Crippen molar-refractivity contribution in [3.8, 4) is 0 Å². The van der Waals surface area contributed by atoms with Gasteiger partial charge < -0.3 is 9.80 Å². The van der Waals surface area contributed by atoms with Crippen molar-refractivity contribution in [2.45, 2.75) is 36.1 Å². The summed E-state index contributed by atoms with van der Waals surface area (Å²) in [6, 6.07) is 17.8. The predicted molar refractivity (Wildman–Crippen MR) is 144 cm³/mol. The Bertz CT molecular complexity index is 1470. The van der Waals surface area contributed by atoms with Crippen LogP contribution in [0.15, 0.2) is 71.6 Å². The number of sulfonamides is 1. The Morgan fingerprint density at radius 3 is 2.37 bits per heavy atom. The first-order valence-corrected chi connectivity index (χ1v) is 14.0. The van der Waals surface area contributed by atoms with E-state index in [1.54, 1.807) is 36.4 Å². The lowest BCUT2D eigenvalue weighted by atomic mass is 9.89. The van der Waals surface area contributed by atoms with E-state index in [1.165, 1.54) is 24.3 Å². The van der Waals surface area contributed by atoms with Crippen LogP contribution in [0.5, 0.6) is 0 Å². The molecule has 3 aromatic carbocycles. The molecule has 0 aliphatic carbocycles. The fraction of sp³-hybridized carbons (Fsp3) is 0.321. The van der Waals surface area contributed by atoms with Gasteiger partial charge in [0.1, 0.15) is 16.5 Å². The molecule has 1 amide bonds. The summed E-state index contributed by atoms with van der Waals surface area (Å²) in [5.41, 5.74) is 3.06. The molecule has 38 heavy (non-hydrogen) atoms. The number of piperidine rings is 1. The average Bonchev–Trinajstić information content (AvgIpc) is 3.31. The average molecular weight is 560 g/mol. The molecule has 2 unspecified atom stereocenters. The van der Waals surface area contributed by atoms with Gasteiger partial charge in [0.25, 0.3) is 15.9 Å². The SMILES string of the molecule is Cl.O=C1c2ccccc2S(=O)(=O)N1CCCCN1CCC2C(C1)c1cc(F)ccc1N2c1ccc(F)cc1. The number of nitrogens with zero attached hydrogens (tertiary/aromatic N) is 3. The van der Waals surface area contributed by atoms with Gasteiger partial charge in [-0.25, -0.2) is 21.5 Å². The molecule has 2 atom stereocenters. The lowest BCUT2D eigenvalue weighted by Gasteiger charge is -2.39. The van der Waals surface area contributed by atoms with E-state index in [0.717, 1.165) is 53.7 Å². The first-order chi connectivity index (χ1) is 17.8. The smallest absolute Gasteiger partial charge is 0.269 e. The number of carbonyl (C=O) groups excluding carboxylic acids is 1. The largest absolute Gasteiger partial charge is 0.337 e. The van der Waals surface area contributed by atoms with Crippen LogP contribution in [0.3, 0.4) is 0 Å². The lowest BCUT2D eigenvalue weighted by molar-refractivity contribution is 0.0868. The van der Waals surface area contributed by atoms with E-state index in [-0.39, 0.29) is 53.0 Å². The highest BCUT2D eigenvalue weighted by Crippen LogP contribution is 2.48. The summed E-state index contributed by atoms with van der Waals surface area (Å²) >= 11 is 0. The van der Waals surface area contributed by atoms with Crippen molar-refractivity contribution in [1.82, 2.24) is 9.21 Å². The highest BCUT2D eigenvalue weighted by Gasteiger charge is 2.43. The fourth-order valence-corrected chi connectivity index (χ4v) is 7.63. The Hall–Kier alpha value is -3.01.